The molecule has 0 aromatic carbocycles. The largest absolute Gasteiger partial charge is 0.368 e. The number of piperidine rings is 1. The summed E-state index contributed by atoms with van der Waals surface area (Å²) in [5.74, 6) is -2.92. The van der Waals surface area contributed by atoms with Crippen LogP contribution in [-0.2, 0) is 0 Å². The molecule has 1 saturated carbocycles. The first-order valence-corrected chi connectivity index (χ1v) is 5.66. The zero-order valence-electron chi connectivity index (χ0n) is 9.27. The third-order valence-electron chi connectivity index (χ3n) is 3.78. The van der Waals surface area contributed by atoms with Gasteiger partial charge in [-0.3, -0.25) is 0 Å². The van der Waals surface area contributed by atoms with Gasteiger partial charge in [0.1, 0.15) is 5.52 Å². The number of nitrogens with zero attached hydrogens (tertiary/aromatic N) is 4. The van der Waals surface area contributed by atoms with E-state index in [1.165, 1.54) is 6.33 Å². The molecular weight excluding hydrogens is 242 g/mol. The normalized spacial score (nSPS) is 28.7. The molecule has 2 aromatic heterocycles. The van der Waals surface area contributed by atoms with Gasteiger partial charge < -0.3 is 15.6 Å². The van der Waals surface area contributed by atoms with Gasteiger partial charge in [0, 0.05) is 13.1 Å². The number of halogens is 2. The topological polar surface area (TPSA) is 83.7 Å². The molecule has 0 bridgehead atoms. The van der Waals surface area contributed by atoms with Crippen LogP contribution in [0.25, 0.3) is 11.2 Å². The first-order chi connectivity index (χ1) is 8.57. The predicted octanol–water partition coefficient (Wildman–Crippen LogP) is 0.636. The van der Waals surface area contributed by atoms with Crippen molar-refractivity contribution in [2.45, 2.75) is 5.92 Å². The summed E-state index contributed by atoms with van der Waals surface area (Å²) >= 11 is 0. The summed E-state index contributed by atoms with van der Waals surface area (Å²) in [7, 11) is 0. The lowest BCUT2D eigenvalue weighted by molar-refractivity contribution is 0.0797. The fourth-order valence-electron chi connectivity index (χ4n) is 2.74. The van der Waals surface area contributed by atoms with Gasteiger partial charge in [0.15, 0.2) is 11.5 Å². The molecule has 2 aliphatic rings. The van der Waals surface area contributed by atoms with Crippen molar-refractivity contribution in [3.05, 3.63) is 6.33 Å². The zero-order chi connectivity index (χ0) is 12.5. The number of imidazole rings is 1. The first kappa shape index (κ1) is 9.98. The van der Waals surface area contributed by atoms with Crippen LogP contribution in [0.1, 0.15) is 0 Å². The highest BCUT2D eigenvalue weighted by molar-refractivity contribution is 5.84. The van der Waals surface area contributed by atoms with Crippen molar-refractivity contribution in [1.29, 1.82) is 0 Å². The predicted molar refractivity (Wildman–Crippen MR) is 60.2 cm³/mol. The summed E-state index contributed by atoms with van der Waals surface area (Å²) in [6.45, 7) is 0.616. The average molecular weight is 252 g/mol. The van der Waals surface area contributed by atoms with Crippen molar-refractivity contribution in [2.75, 3.05) is 23.7 Å². The molecule has 4 rings (SSSR count). The van der Waals surface area contributed by atoms with Gasteiger partial charge in [-0.2, -0.15) is 9.97 Å². The van der Waals surface area contributed by atoms with Crippen LogP contribution in [0.2, 0.25) is 0 Å². The summed E-state index contributed by atoms with van der Waals surface area (Å²) in [5.41, 5.74) is 6.71. The first-order valence-electron chi connectivity index (χ1n) is 5.66. The van der Waals surface area contributed by atoms with Crippen LogP contribution in [0.4, 0.5) is 20.5 Å². The Morgan fingerprint density at radius 1 is 1.33 bits per heavy atom. The molecule has 6 nitrogen and oxygen atoms in total. The summed E-state index contributed by atoms with van der Waals surface area (Å²) in [5, 5.41) is 0. The quantitative estimate of drug-likeness (QED) is 0.778. The molecule has 3 heterocycles. The van der Waals surface area contributed by atoms with Crippen molar-refractivity contribution < 1.29 is 8.78 Å². The second-order valence-corrected chi connectivity index (χ2v) is 4.80. The number of hydrogen-bond donors (Lipinski definition) is 2. The third kappa shape index (κ3) is 1.12. The Balaban J connectivity index is 1.74. The van der Waals surface area contributed by atoms with Crippen LogP contribution in [-0.4, -0.2) is 38.9 Å². The number of rotatable bonds is 1. The van der Waals surface area contributed by atoms with Gasteiger partial charge in [-0.15, -0.1) is 0 Å². The van der Waals surface area contributed by atoms with Crippen molar-refractivity contribution in [3.8, 4) is 0 Å². The van der Waals surface area contributed by atoms with Crippen LogP contribution in [0.5, 0.6) is 0 Å². The molecule has 0 radical (unpaired) electrons. The maximum Gasteiger partial charge on any atom is 0.258 e. The van der Waals surface area contributed by atoms with Crippen LogP contribution in [0.3, 0.4) is 0 Å². The van der Waals surface area contributed by atoms with E-state index in [1.54, 1.807) is 0 Å². The lowest BCUT2D eigenvalue weighted by atomic mass is 10.3. The van der Waals surface area contributed by atoms with E-state index in [2.05, 4.69) is 19.9 Å². The third-order valence-corrected chi connectivity index (χ3v) is 3.78. The maximum atomic E-state index is 13.2. The maximum absolute atomic E-state index is 13.2. The Morgan fingerprint density at radius 3 is 2.78 bits per heavy atom. The number of nitrogens with one attached hydrogen (secondary N) is 1. The van der Waals surface area contributed by atoms with Crippen molar-refractivity contribution in [2.24, 2.45) is 11.8 Å². The molecule has 0 amide bonds. The van der Waals surface area contributed by atoms with Gasteiger partial charge in [-0.05, 0) is 0 Å². The lowest BCUT2D eigenvalue weighted by Gasteiger charge is -2.21. The number of nitrogen functional groups attached to an aromatic ring is 1. The molecule has 1 aliphatic heterocycles. The summed E-state index contributed by atoms with van der Waals surface area (Å²) in [6, 6.07) is 0. The van der Waals surface area contributed by atoms with E-state index in [1.807, 2.05) is 4.90 Å². The lowest BCUT2D eigenvalue weighted by Crippen LogP contribution is -2.28. The monoisotopic (exact) mass is 252 g/mol. The number of H-pyrrole nitrogens is 1. The molecule has 18 heavy (non-hydrogen) atoms. The Hall–Kier alpha value is -1.99. The minimum Gasteiger partial charge on any atom is -0.368 e. The summed E-state index contributed by atoms with van der Waals surface area (Å²) in [6.07, 6.45) is 1.49. The minimum atomic E-state index is -2.50. The Kier molecular flexibility index (Phi) is 1.59. The van der Waals surface area contributed by atoms with E-state index >= 15 is 0 Å². The number of anilines is 2. The second-order valence-electron chi connectivity index (χ2n) is 4.80. The van der Waals surface area contributed by atoms with Crippen molar-refractivity contribution in [3.63, 3.8) is 0 Å². The fourth-order valence-corrected chi connectivity index (χ4v) is 2.74. The van der Waals surface area contributed by atoms with Crippen LogP contribution in [0, 0.1) is 11.8 Å². The molecule has 0 spiro atoms. The molecule has 8 heteroatoms. The number of hydrogen-bond acceptors (Lipinski definition) is 5. The molecule has 1 aliphatic carbocycles. The van der Waals surface area contributed by atoms with E-state index in [-0.39, 0.29) is 5.95 Å². The Labute approximate surface area is 100 Å². The van der Waals surface area contributed by atoms with Gasteiger partial charge in [0.25, 0.3) is 5.92 Å². The molecule has 3 N–H and O–H groups in total. The van der Waals surface area contributed by atoms with Gasteiger partial charge in [0.05, 0.1) is 18.2 Å². The fraction of sp³-hybridized carbons (Fsp3) is 0.500. The molecule has 2 unspecified atom stereocenters. The zero-order valence-corrected chi connectivity index (χ0v) is 9.27. The molecule has 94 valence electrons. The van der Waals surface area contributed by atoms with E-state index in [4.69, 9.17) is 5.73 Å². The number of aromatic nitrogens is 4. The number of nitrogens with two attached hydrogens (primary N) is 1. The van der Waals surface area contributed by atoms with Crippen LogP contribution in [0.15, 0.2) is 6.33 Å². The van der Waals surface area contributed by atoms with Crippen LogP contribution >= 0.6 is 0 Å². The Morgan fingerprint density at radius 2 is 2.06 bits per heavy atom. The molecule has 2 aromatic rings. The highest BCUT2D eigenvalue weighted by Gasteiger charge is 2.71. The SMILES string of the molecule is Nc1nc(N2CC3C(C2)C3(F)F)c2[nH]cnc2n1. The van der Waals surface area contributed by atoms with Crippen molar-refractivity contribution >= 4 is 22.9 Å². The van der Waals surface area contributed by atoms with E-state index < -0.39 is 17.8 Å². The van der Waals surface area contributed by atoms with Gasteiger partial charge in [-0.25, -0.2) is 13.8 Å². The molecule has 1 saturated heterocycles. The van der Waals surface area contributed by atoms with E-state index in [0.717, 1.165) is 0 Å². The standard InChI is InChI=1S/C10H10F2N6/c11-10(12)4-1-18(2-5(4)10)8-6-7(15-3-14-6)16-9(13)17-8/h3-5H,1-2H2,(H3,13,14,15,16,17). The summed E-state index contributed by atoms with van der Waals surface area (Å²) in [4.78, 5) is 16.9. The number of alkyl halides is 2. The highest BCUT2D eigenvalue weighted by Crippen LogP contribution is 2.59. The van der Waals surface area contributed by atoms with Gasteiger partial charge in [-0.1, -0.05) is 0 Å². The minimum absolute atomic E-state index is 0.108. The van der Waals surface area contributed by atoms with Gasteiger partial charge in [0.2, 0.25) is 5.95 Å². The van der Waals surface area contributed by atoms with Crippen molar-refractivity contribution in [1.82, 2.24) is 19.9 Å². The number of fused-ring (bicyclic) bond motifs is 2. The smallest absolute Gasteiger partial charge is 0.258 e. The number of aromatic amines is 1. The average Bonchev–Trinajstić information content (AvgIpc) is 2.81. The Bertz CT molecular complexity index is 624. The molecule has 2 atom stereocenters. The molecular formula is C10H10F2N6. The highest BCUT2D eigenvalue weighted by atomic mass is 19.3. The van der Waals surface area contributed by atoms with Crippen LogP contribution < -0.4 is 10.6 Å². The summed E-state index contributed by atoms with van der Waals surface area (Å²) < 4.78 is 26.3. The van der Waals surface area contributed by atoms with Gasteiger partial charge >= 0.3 is 0 Å². The second kappa shape index (κ2) is 2.88. The van der Waals surface area contributed by atoms with E-state index in [0.29, 0.717) is 30.1 Å². The van der Waals surface area contributed by atoms with E-state index in [9.17, 15) is 8.78 Å². The molecule has 2 fully saturated rings.